The first kappa shape index (κ1) is 25.1. The van der Waals surface area contributed by atoms with Crippen molar-refractivity contribution >= 4 is 22.9 Å². The third-order valence-electron chi connectivity index (χ3n) is 7.06. The minimum Gasteiger partial charge on any atom is -0.387 e. The van der Waals surface area contributed by atoms with Crippen molar-refractivity contribution in [3.8, 4) is 11.8 Å². The molecule has 0 spiro atoms. The number of anilines is 1. The third kappa shape index (κ3) is 4.89. The monoisotopic (exact) mass is 506 g/mol. The molecule has 4 atom stereocenters. The van der Waals surface area contributed by atoms with Gasteiger partial charge in [-0.25, -0.2) is 15.0 Å². The quantitative estimate of drug-likeness (QED) is 0.318. The van der Waals surface area contributed by atoms with Crippen LogP contribution < -0.4 is 11.1 Å². The van der Waals surface area contributed by atoms with E-state index in [1.807, 2.05) is 18.2 Å². The summed E-state index contributed by atoms with van der Waals surface area (Å²) in [5, 5.41) is 34.6. The molecule has 1 saturated carbocycles. The highest BCUT2D eigenvalue weighted by atomic mass is 16.6. The first-order valence-electron chi connectivity index (χ1n) is 12.4. The van der Waals surface area contributed by atoms with Gasteiger partial charge in [-0.3, -0.25) is 9.36 Å². The van der Waals surface area contributed by atoms with Crippen molar-refractivity contribution < 1.29 is 24.9 Å². The number of carbonyl (C=O) groups is 1. The number of aliphatic hydroxyl groups excluding tert-OH is 2. The number of ether oxygens (including phenoxy) is 1. The number of fused-ring (bicyclic) bond motifs is 1. The SMILES string of the molecule is CCNC(=O)[C@H]1O[C@@H](n2cnc3c(N)nc(C#CC4(O)CCC(c5ccccc5)CC4)nc32)C(O)C1O. The van der Waals surface area contributed by atoms with Gasteiger partial charge in [-0.15, -0.1) is 0 Å². The van der Waals surface area contributed by atoms with Crippen LogP contribution in [0.1, 0.15) is 56.1 Å². The summed E-state index contributed by atoms with van der Waals surface area (Å²) in [4.78, 5) is 25.1. The fourth-order valence-corrected chi connectivity index (χ4v) is 5.01. The van der Waals surface area contributed by atoms with E-state index in [1.165, 1.54) is 16.5 Å². The summed E-state index contributed by atoms with van der Waals surface area (Å²) in [6.07, 6.45) is -1.19. The summed E-state index contributed by atoms with van der Waals surface area (Å²) in [6.45, 7) is 2.09. The van der Waals surface area contributed by atoms with Crippen LogP contribution in [0.2, 0.25) is 0 Å². The maximum Gasteiger partial charge on any atom is 0.252 e. The van der Waals surface area contributed by atoms with Crippen molar-refractivity contribution in [2.45, 2.75) is 68.7 Å². The number of nitrogens with two attached hydrogens (primary N) is 1. The van der Waals surface area contributed by atoms with Gasteiger partial charge in [0.05, 0.1) is 6.33 Å². The van der Waals surface area contributed by atoms with Crippen molar-refractivity contribution in [3.05, 3.63) is 48.0 Å². The summed E-state index contributed by atoms with van der Waals surface area (Å²) in [6, 6.07) is 10.3. The topological polar surface area (TPSA) is 169 Å². The summed E-state index contributed by atoms with van der Waals surface area (Å²) in [5.41, 5.74) is 6.69. The molecule has 5 rings (SSSR count). The van der Waals surface area contributed by atoms with E-state index in [0.29, 0.717) is 25.3 Å². The summed E-state index contributed by atoms with van der Waals surface area (Å²) in [7, 11) is 0. The highest BCUT2D eigenvalue weighted by Crippen LogP contribution is 2.38. The zero-order valence-corrected chi connectivity index (χ0v) is 20.4. The Labute approximate surface area is 213 Å². The molecule has 1 saturated heterocycles. The van der Waals surface area contributed by atoms with Gasteiger partial charge in [-0.05, 0) is 50.0 Å². The molecule has 11 heteroatoms. The number of rotatable bonds is 4. The van der Waals surface area contributed by atoms with Crippen LogP contribution in [0.4, 0.5) is 5.82 Å². The fourth-order valence-electron chi connectivity index (χ4n) is 5.01. The molecular weight excluding hydrogens is 476 g/mol. The lowest BCUT2D eigenvalue weighted by molar-refractivity contribution is -0.137. The van der Waals surface area contributed by atoms with Crippen LogP contribution >= 0.6 is 0 Å². The number of nitrogen functional groups attached to an aromatic ring is 1. The van der Waals surface area contributed by atoms with Crippen LogP contribution in [-0.4, -0.2) is 71.2 Å². The van der Waals surface area contributed by atoms with Gasteiger partial charge in [0, 0.05) is 6.54 Å². The van der Waals surface area contributed by atoms with Crippen molar-refractivity contribution in [2.75, 3.05) is 12.3 Å². The Balaban J connectivity index is 1.37. The molecule has 0 radical (unpaired) electrons. The van der Waals surface area contributed by atoms with Gasteiger partial charge in [-0.1, -0.05) is 36.3 Å². The molecule has 11 nitrogen and oxygen atoms in total. The van der Waals surface area contributed by atoms with E-state index in [-0.39, 0.29) is 22.8 Å². The first-order chi connectivity index (χ1) is 17.8. The predicted molar refractivity (Wildman–Crippen MR) is 134 cm³/mol. The van der Waals surface area contributed by atoms with E-state index in [1.54, 1.807) is 6.92 Å². The number of amides is 1. The zero-order valence-electron chi connectivity index (χ0n) is 20.4. The molecule has 2 fully saturated rings. The number of carbonyl (C=O) groups excluding carboxylic acids is 1. The van der Waals surface area contributed by atoms with E-state index >= 15 is 0 Å². The second kappa shape index (κ2) is 10.1. The fraction of sp³-hybridized carbons (Fsp3) is 0.462. The number of aliphatic hydroxyl groups is 3. The molecule has 0 bridgehead atoms. The minimum atomic E-state index is -1.44. The number of nitrogens with one attached hydrogen (secondary N) is 1. The highest BCUT2D eigenvalue weighted by Gasteiger charge is 2.47. The van der Waals surface area contributed by atoms with Crippen molar-refractivity contribution in [1.82, 2.24) is 24.8 Å². The van der Waals surface area contributed by atoms with Gasteiger partial charge >= 0.3 is 0 Å². The number of nitrogens with zero attached hydrogens (tertiary/aromatic N) is 4. The molecule has 3 heterocycles. The molecule has 2 unspecified atom stereocenters. The smallest absolute Gasteiger partial charge is 0.252 e. The van der Waals surface area contributed by atoms with Crippen molar-refractivity contribution in [1.29, 1.82) is 0 Å². The molecule has 194 valence electrons. The molecule has 37 heavy (non-hydrogen) atoms. The van der Waals surface area contributed by atoms with Crippen LogP contribution in [0.25, 0.3) is 11.2 Å². The van der Waals surface area contributed by atoms with Gasteiger partial charge in [0.15, 0.2) is 23.8 Å². The van der Waals surface area contributed by atoms with Gasteiger partial charge in [0.25, 0.3) is 5.91 Å². The predicted octanol–water partition coefficient (Wildman–Crippen LogP) is 0.604. The lowest BCUT2D eigenvalue weighted by atomic mass is 9.76. The van der Waals surface area contributed by atoms with Crippen LogP contribution in [0.3, 0.4) is 0 Å². The van der Waals surface area contributed by atoms with Gasteiger partial charge in [-0.2, -0.15) is 0 Å². The largest absolute Gasteiger partial charge is 0.387 e. The van der Waals surface area contributed by atoms with Crippen molar-refractivity contribution in [2.24, 2.45) is 0 Å². The third-order valence-corrected chi connectivity index (χ3v) is 7.06. The van der Waals surface area contributed by atoms with Crippen LogP contribution in [0.5, 0.6) is 0 Å². The normalized spacial score (nSPS) is 29.6. The minimum absolute atomic E-state index is 0.0705. The number of imidazole rings is 1. The molecular formula is C26H30N6O5. The summed E-state index contributed by atoms with van der Waals surface area (Å²) in [5.74, 6) is 5.80. The Hall–Kier alpha value is -3.56. The van der Waals surface area contributed by atoms with E-state index in [4.69, 9.17) is 10.5 Å². The lowest BCUT2D eigenvalue weighted by Crippen LogP contribution is -2.42. The van der Waals surface area contributed by atoms with Crippen molar-refractivity contribution in [3.63, 3.8) is 0 Å². The van der Waals surface area contributed by atoms with Crippen LogP contribution in [0.15, 0.2) is 36.7 Å². The average Bonchev–Trinajstić information content (AvgIpc) is 3.45. The molecule has 1 aliphatic heterocycles. The Bertz CT molecular complexity index is 1340. The molecule has 2 aliphatic rings. The first-order valence-corrected chi connectivity index (χ1v) is 12.4. The number of likely N-dealkylation sites (N-methyl/N-ethyl adjacent to an activating group) is 1. The molecule has 1 aromatic carbocycles. The Morgan fingerprint density at radius 2 is 1.95 bits per heavy atom. The number of benzene rings is 1. The summed E-state index contributed by atoms with van der Waals surface area (Å²) >= 11 is 0. The molecule has 3 aromatic rings. The number of hydrogen-bond acceptors (Lipinski definition) is 9. The number of hydrogen-bond donors (Lipinski definition) is 5. The molecule has 1 aliphatic carbocycles. The second-order valence-corrected chi connectivity index (χ2v) is 9.55. The zero-order chi connectivity index (χ0) is 26.2. The van der Waals surface area contributed by atoms with E-state index in [9.17, 15) is 20.1 Å². The van der Waals surface area contributed by atoms with Crippen LogP contribution in [0, 0.1) is 11.8 Å². The van der Waals surface area contributed by atoms with Gasteiger partial charge in [0.1, 0.15) is 23.3 Å². The average molecular weight is 507 g/mol. The van der Waals surface area contributed by atoms with E-state index < -0.39 is 36.0 Å². The highest BCUT2D eigenvalue weighted by molar-refractivity contribution is 5.83. The maximum atomic E-state index is 12.2. The number of aromatic nitrogens is 4. The maximum absolute atomic E-state index is 12.2. The molecule has 6 N–H and O–H groups in total. The standard InChI is InChI=1S/C26H30N6O5/c1-2-28-24(35)21-19(33)20(34)25(37-21)32-14-29-18-22(27)30-17(31-23(18)32)10-13-26(36)11-8-16(9-12-26)15-6-4-3-5-7-15/h3-7,14,16,19-21,25,33-34,36H,2,8-9,11-12H2,1H3,(H,28,35)(H2,27,30,31)/t16?,19?,20?,21-,25+,26?/m0/s1. The van der Waals surface area contributed by atoms with Gasteiger partial charge in [0.2, 0.25) is 5.82 Å². The molecule has 2 aromatic heterocycles. The van der Waals surface area contributed by atoms with E-state index in [0.717, 1.165) is 12.8 Å². The van der Waals surface area contributed by atoms with Crippen LogP contribution in [-0.2, 0) is 9.53 Å². The Kier molecular flexibility index (Phi) is 6.83. The van der Waals surface area contributed by atoms with E-state index in [2.05, 4.69) is 44.2 Å². The Morgan fingerprint density at radius 3 is 2.65 bits per heavy atom. The Morgan fingerprint density at radius 1 is 1.22 bits per heavy atom. The molecule has 1 amide bonds. The lowest BCUT2D eigenvalue weighted by Gasteiger charge is -2.32. The summed E-state index contributed by atoms with van der Waals surface area (Å²) < 4.78 is 7.08. The van der Waals surface area contributed by atoms with Gasteiger partial charge < -0.3 is 31.1 Å². The second-order valence-electron chi connectivity index (χ2n) is 9.55.